The second kappa shape index (κ2) is 43.6. The third kappa shape index (κ3) is 27.5. The fraction of sp³-hybridized carbons (Fsp3) is 0.883. The maximum Gasteiger partial charge on any atom is 0.220 e. The summed E-state index contributed by atoms with van der Waals surface area (Å²) in [5.74, 6) is -0.315. The maximum atomic E-state index is 12.9. The van der Waals surface area contributed by atoms with Gasteiger partial charge in [-0.25, -0.2) is 0 Å². The lowest BCUT2D eigenvalue weighted by atomic mass is 9.96. The first kappa shape index (κ1) is 71.3. The number of carbonyl (C=O) groups excluding carboxylic acids is 1. The first-order valence-corrected chi connectivity index (χ1v) is 30.7. The number of rotatable bonds is 45. The number of hydrogen-bond donors (Lipinski definition) is 12. The first-order chi connectivity index (χ1) is 38.3. The third-order valence-electron chi connectivity index (χ3n) is 15.4. The van der Waals surface area contributed by atoms with E-state index in [1.165, 1.54) is 135 Å². The molecule has 19 heteroatoms. The number of amides is 1. The van der Waals surface area contributed by atoms with E-state index >= 15 is 0 Å². The molecule has 3 saturated heterocycles. The molecule has 0 bridgehead atoms. The van der Waals surface area contributed by atoms with Gasteiger partial charge in [0.15, 0.2) is 18.9 Å². The lowest BCUT2D eigenvalue weighted by molar-refractivity contribution is -0.379. The quantitative estimate of drug-likeness (QED) is 0.0257. The number of nitrogens with one attached hydrogen (secondary N) is 1. The summed E-state index contributed by atoms with van der Waals surface area (Å²) in [6.07, 6.45) is 21.5. The van der Waals surface area contributed by atoms with E-state index in [1.54, 1.807) is 6.08 Å². The number of allylic oxidation sites excluding steroid dienone is 5. The Morgan fingerprint density at radius 2 is 0.810 bits per heavy atom. The summed E-state index contributed by atoms with van der Waals surface area (Å²) in [7, 11) is 0. The molecule has 3 aliphatic rings. The van der Waals surface area contributed by atoms with Crippen LogP contribution < -0.4 is 5.32 Å². The van der Waals surface area contributed by atoms with Crippen LogP contribution >= 0.6 is 0 Å². The standard InChI is InChI=1S/C60H109NO18/c1-3-5-7-8-9-10-11-12-13-14-15-16-17-18-19-20-21-22-23-24-25-26-27-28-29-30-31-32-33-34-36-37-44(65)43(61-48(66)38-35-6-4-2)42-74-58-54(72)51(69)56(46(40-63)76-58)79-60-55(73)52(70)57(47(41-64)77-60)78-59-53(71)50(68)49(67)45(39-62)75-59/h27-28,31-32,36-37,43-47,49-60,62-65,67-73H,3-26,29-30,33-35,38-42H2,1-2H3,(H,61,66)/b28-27+,32-31+,37-36+. The van der Waals surface area contributed by atoms with E-state index in [1.807, 2.05) is 13.0 Å². The van der Waals surface area contributed by atoms with Crippen molar-refractivity contribution in [2.45, 2.75) is 311 Å². The Morgan fingerprint density at radius 1 is 0.443 bits per heavy atom. The Labute approximate surface area is 472 Å². The van der Waals surface area contributed by atoms with Gasteiger partial charge in [0.1, 0.15) is 73.2 Å². The Hall–Kier alpha value is -1.99. The fourth-order valence-corrected chi connectivity index (χ4v) is 10.3. The molecular formula is C60H109NO18. The van der Waals surface area contributed by atoms with Gasteiger partial charge in [0.2, 0.25) is 5.91 Å². The van der Waals surface area contributed by atoms with Crippen LogP contribution in [0.2, 0.25) is 0 Å². The highest BCUT2D eigenvalue weighted by atomic mass is 16.8. The highest BCUT2D eigenvalue weighted by molar-refractivity contribution is 5.76. The zero-order valence-corrected chi connectivity index (χ0v) is 48.1. The molecule has 0 saturated carbocycles. The van der Waals surface area contributed by atoms with Crippen LogP contribution in [0.5, 0.6) is 0 Å². The second-order valence-electron chi connectivity index (χ2n) is 22.2. The van der Waals surface area contributed by atoms with Gasteiger partial charge in [-0.2, -0.15) is 0 Å². The Morgan fingerprint density at radius 3 is 1.27 bits per heavy atom. The molecule has 462 valence electrons. The molecule has 0 aromatic rings. The van der Waals surface area contributed by atoms with E-state index in [0.29, 0.717) is 12.8 Å². The minimum Gasteiger partial charge on any atom is -0.394 e. The van der Waals surface area contributed by atoms with Crippen molar-refractivity contribution in [1.29, 1.82) is 0 Å². The van der Waals surface area contributed by atoms with E-state index in [0.717, 1.165) is 38.5 Å². The summed E-state index contributed by atoms with van der Waals surface area (Å²) in [6, 6.07) is -0.989. The van der Waals surface area contributed by atoms with Crippen molar-refractivity contribution in [3.8, 4) is 0 Å². The monoisotopic (exact) mass is 1130 g/mol. The van der Waals surface area contributed by atoms with Gasteiger partial charge in [-0.15, -0.1) is 0 Å². The molecule has 3 aliphatic heterocycles. The van der Waals surface area contributed by atoms with Gasteiger partial charge in [-0.1, -0.05) is 192 Å². The second-order valence-corrected chi connectivity index (χ2v) is 22.2. The summed E-state index contributed by atoms with van der Waals surface area (Å²) in [6.45, 7) is 1.49. The van der Waals surface area contributed by atoms with Gasteiger partial charge < -0.3 is 89.9 Å². The van der Waals surface area contributed by atoms with Crippen molar-refractivity contribution in [3.05, 3.63) is 36.5 Å². The number of unbranched alkanes of at least 4 members (excludes halogenated alkanes) is 25. The van der Waals surface area contributed by atoms with Crippen LogP contribution in [0.1, 0.15) is 206 Å². The zero-order valence-electron chi connectivity index (χ0n) is 48.1. The molecule has 0 aromatic carbocycles. The summed E-state index contributed by atoms with van der Waals surface area (Å²) < 4.78 is 34.0. The Balaban J connectivity index is 1.33. The molecular weight excluding hydrogens is 1020 g/mol. The smallest absolute Gasteiger partial charge is 0.220 e. The first-order valence-electron chi connectivity index (χ1n) is 30.7. The lowest BCUT2D eigenvalue weighted by Crippen LogP contribution is -2.66. The Kier molecular flexibility index (Phi) is 39.4. The van der Waals surface area contributed by atoms with Gasteiger partial charge in [0, 0.05) is 6.42 Å². The van der Waals surface area contributed by atoms with Gasteiger partial charge in [0.05, 0.1) is 38.6 Å². The van der Waals surface area contributed by atoms with Crippen LogP contribution in [0, 0.1) is 0 Å². The number of aliphatic hydroxyl groups is 11. The predicted octanol–water partition coefficient (Wildman–Crippen LogP) is 5.71. The number of hydrogen-bond acceptors (Lipinski definition) is 18. The largest absolute Gasteiger partial charge is 0.394 e. The Bertz CT molecular complexity index is 1590. The molecule has 0 spiro atoms. The van der Waals surface area contributed by atoms with Crippen LogP contribution in [0.15, 0.2) is 36.5 Å². The molecule has 3 rings (SSSR count). The molecule has 79 heavy (non-hydrogen) atoms. The van der Waals surface area contributed by atoms with E-state index in [2.05, 4.69) is 36.5 Å². The van der Waals surface area contributed by atoms with Crippen LogP contribution in [-0.4, -0.2) is 193 Å². The van der Waals surface area contributed by atoms with Crippen molar-refractivity contribution in [2.24, 2.45) is 0 Å². The van der Waals surface area contributed by atoms with Crippen molar-refractivity contribution in [1.82, 2.24) is 5.32 Å². The van der Waals surface area contributed by atoms with Gasteiger partial charge in [0.25, 0.3) is 0 Å². The van der Waals surface area contributed by atoms with Gasteiger partial charge >= 0.3 is 0 Å². The molecule has 3 heterocycles. The van der Waals surface area contributed by atoms with Crippen molar-refractivity contribution < 1.29 is 89.4 Å². The third-order valence-corrected chi connectivity index (χ3v) is 15.4. The van der Waals surface area contributed by atoms with Crippen molar-refractivity contribution >= 4 is 5.91 Å². The fourth-order valence-electron chi connectivity index (χ4n) is 10.3. The molecule has 17 atom stereocenters. The highest BCUT2D eigenvalue weighted by Crippen LogP contribution is 2.33. The van der Waals surface area contributed by atoms with E-state index in [9.17, 15) is 61.0 Å². The average Bonchev–Trinajstić information content (AvgIpc) is 3.49. The number of ether oxygens (including phenoxy) is 6. The molecule has 1 amide bonds. The van der Waals surface area contributed by atoms with Gasteiger partial charge in [-0.3, -0.25) is 4.79 Å². The molecule has 0 aromatic heterocycles. The summed E-state index contributed by atoms with van der Waals surface area (Å²) in [5, 5.41) is 119. The number of carbonyl (C=O) groups is 1. The lowest BCUT2D eigenvalue weighted by Gasteiger charge is -2.48. The number of aliphatic hydroxyl groups excluding tert-OH is 11. The van der Waals surface area contributed by atoms with E-state index < -0.39 is 124 Å². The summed E-state index contributed by atoms with van der Waals surface area (Å²) in [5.41, 5.74) is 0. The normalized spacial score (nSPS) is 30.5. The van der Waals surface area contributed by atoms with E-state index in [4.69, 9.17) is 28.4 Å². The average molecular weight is 1130 g/mol. The van der Waals surface area contributed by atoms with E-state index in [-0.39, 0.29) is 18.9 Å². The summed E-state index contributed by atoms with van der Waals surface area (Å²) in [4.78, 5) is 12.9. The predicted molar refractivity (Wildman–Crippen MR) is 300 cm³/mol. The highest BCUT2D eigenvalue weighted by Gasteiger charge is 2.53. The molecule has 0 radical (unpaired) electrons. The minimum absolute atomic E-state index is 0.217. The van der Waals surface area contributed by atoms with Crippen molar-refractivity contribution in [2.75, 3.05) is 26.4 Å². The molecule has 0 aliphatic carbocycles. The van der Waals surface area contributed by atoms with Crippen LogP contribution in [-0.2, 0) is 33.2 Å². The molecule has 12 N–H and O–H groups in total. The van der Waals surface area contributed by atoms with Crippen molar-refractivity contribution in [3.63, 3.8) is 0 Å². The van der Waals surface area contributed by atoms with Gasteiger partial charge in [-0.05, 0) is 44.9 Å². The topological polar surface area (TPSA) is 307 Å². The molecule has 19 nitrogen and oxygen atoms in total. The van der Waals surface area contributed by atoms with Crippen LogP contribution in [0.3, 0.4) is 0 Å². The SMILES string of the molecule is CCCCCCCCCCCCCCCCCCCCCCC/C=C/CC/C=C/CC/C=C/C(O)C(COC1OC(CO)C(OC2OC(CO)C(OC3OC(CO)C(O)C(O)C3O)C(O)C2O)C(O)C1O)NC(=O)CCCCC. The molecule has 17 unspecified atom stereocenters. The maximum absolute atomic E-state index is 12.9. The molecule has 3 fully saturated rings. The summed E-state index contributed by atoms with van der Waals surface area (Å²) >= 11 is 0. The minimum atomic E-state index is -1.98. The van der Waals surface area contributed by atoms with Crippen LogP contribution in [0.4, 0.5) is 0 Å². The van der Waals surface area contributed by atoms with Crippen LogP contribution in [0.25, 0.3) is 0 Å². The zero-order chi connectivity index (χ0) is 57.6.